The van der Waals surface area contributed by atoms with Crippen LogP contribution in [0, 0.1) is 0 Å². The standard InChI is InChI=1S/C11H16N2O/c1-13(2)11(14)8-5-9-3-6-10(12)7-4-9/h3-4,6-7H,5,8,12H2,1-2H3. The quantitative estimate of drug-likeness (QED) is 0.733. The fourth-order valence-corrected chi connectivity index (χ4v) is 1.16. The van der Waals surface area contributed by atoms with Crippen molar-refractivity contribution in [2.75, 3.05) is 19.8 Å². The van der Waals surface area contributed by atoms with E-state index in [4.69, 9.17) is 5.73 Å². The number of hydrogen-bond acceptors (Lipinski definition) is 2. The van der Waals surface area contributed by atoms with Crippen LogP contribution < -0.4 is 5.73 Å². The number of anilines is 1. The molecule has 76 valence electrons. The van der Waals surface area contributed by atoms with Crippen molar-refractivity contribution in [1.29, 1.82) is 0 Å². The van der Waals surface area contributed by atoms with Crippen LogP contribution in [-0.4, -0.2) is 24.9 Å². The Morgan fingerprint density at radius 3 is 2.36 bits per heavy atom. The molecule has 0 atom stereocenters. The molecule has 0 heterocycles. The Morgan fingerprint density at radius 2 is 1.86 bits per heavy atom. The van der Waals surface area contributed by atoms with E-state index in [1.165, 1.54) is 0 Å². The molecule has 3 nitrogen and oxygen atoms in total. The van der Waals surface area contributed by atoms with Crippen LogP contribution in [0.3, 0.4) is 0 Å². The third kappa shape index (κ3) is 3.09. The Kier molecular flexibility index (Phi) is 3.51. The number of nitrogens with two attached hydrogens (primary N) is 1. The molecule has 1 rings (SSSR count). The van der Waals surface area contributed by atoms with Crippen LogP contribution in [0.15, 0.2) is 24.3 Å². The minimum atomic E-state index is 0.154. The van der Waals surface area contributed by atoms with Crippen LogP contribution in [0.4, 0.5) is 5.69 Å². The molecule has 1 aromatic carbocycles. The van der Waals surface area contributed by atoms with Gasteiger partial charge in [-0.1, -0.05) is 12.1 Å². The molecule has 0 bridgehead atoms. The zero-order valence-corrected chi connectivity index (χ0v) is 8.66. The summed E-state index contributed by atoms with van der Waals surface area (Å²) in [7, 11) is 3.54. The summed E-state index contributed by atoms with van der Waals surface area (Å²) in [6.45, 7) is 0. The Labute approximate surface area is 84.5 Å². The van der Waals surface area contributed by atoms with E-state index >= 15 is 0 Å². The van der Waals surface area contributed by atoms with Gasteiger partial charge in [0.15, 0.2) is 0 Å². The SMILES string of the molecule is CN(C)C(=O)CCc1ccc(N)cc1. The maximum absolute atomic E-state index is 11.3. The average molecular weight is 192 g/mol. The van der Waals surface area contributed by atoms with Gasteiger partial charge in [0.1, 0.15) is 0 Å². The Morgan fingerprint density at radius 1 is 1.29 bits per heavy atom. The maximum atomic E-state index is 11.3. The molecule has 0 unspecified atom stereocenters. The summed E-state index contributed by atoms with van der Waals surface area (Å²) in [5, 5.41) is 0. The predicted molar refractivity (Wildman–Crippen MR) is 57.9 cm³/mol. The third-order valence-electron chi connectivity index (χ3n) is 2.11. The minimum absolute atomic E-state index is 0.154. The molecule has 0 saturated carbocycles. The van der Waals surface area contributed by atoms with Gasteiger partial charge in [0.2, 0.25) is 5.91 Å². The first-order chi connectivity index (χ1) is 6.59. The highest BCUT2D eigenvalue weighted by Gasteiger charge is 2.03. The van der Waals surface area contributed by atoms with Gasteiger partial charge in [0.25, 0.3) is 0 Å². The second kappa shape index (κ2) is 4.65. The lowest BCUT2D eigenvalue weighted by atomic mass is 10.1. The fourth-order valence-electron chi connectivity index (χ4n) is 1.16. The zero-order valence-electron chi connectivity index (χ0n) is 8.66. The van der Waals surface area contributed by atoms with E-state index < -0.39 is 0 Å². The molecule has 0 fully saturated rings. The summed E-state index contributed by atoms with van der Waals surface area (Å²) in [6.07, 6.45) is 1.33. The zero-order chi connectivity index (χ0) is 10.6. The molecular weight excluding hydrogens is 176 g/mol. The van der Waals surface area contributed by atoms with Crippen molar-refractivity contribution in [1.82, 2.24) is 4.90 Å². The molecule has 0 saturated heterocycles. The van der Waals surface area contributed by atoms with E-state index in [2.05, 4.69) is 0 Å². The molecule has 0 aliphatic heterocycles. The number of rotatable bonds is 3. The van der Waals surface area contributed by atoms with E-state index in [0.29, 0.717) is 6.42 Å². The number of nitrogens with zero attached hydrogens (tertiary/aromatic N) is 1. The second-order valence-electron chi connectivity index (χ2n) is 3.53. The third-order valence-corrected chi connectivity index (χ3v) is 2.11. The topological polar surface area (TPSA) is 46.3 Å². The van der Waals surface area contributed by atoms with E-state index in [1.54, 1.807) is 19.0 Å². The molecule has 1 amide bonds. The number of nitrogen functional groups attached to an aromatic ring is 1. The number of carbonyl (C=O) groups excluding carboxylic acids is 1. The maximum Gasteiger partial charge on any atom is 0.222 e. The van der Waals surface area contributed by atoms with E-state index in [1.807, 2.05) is 24.3 Å². The number of aryl methyl sites for hydroxylation is 1. The molecule has 14 heavy (non-hydrogen) atoms. The largest absolute Gasteiger partial charge is 0.399 e. The van der Waals surface area contributed by atoms with Gasteiger partial charge in [-0.3, -0.25) is 4.79 Å². The van der Waals surface area contributed by atoms with E-state index in [-0.39, 0.29) is 5.91 Å². The second-order valence-corrected chi connectivity index (χ2v) is 3.53. The molecule has 0 aromatic heterocycles. The van der Waals surface area contributed by atoms with Crippen molar-refractivity contribution in [3.8, 4) is 0 Å². The summed E-state index contributed by atoms with van der Waals surface area (Å²) in [4.78, 5) is 12.9. The van der Waals surface area contributed by atoms with Crippen LogP contribution in [0.2, 0.25) is 0 Å². The Bertz CT molecular complexity index is 304. The minimum Gasteiger partial charge on any atom is -0.399 e. The predicted octanol–water partition coefficient (Wildman–Crippen LogP) is 1.29. The van der Waals surface area contributed by atoms with Crippen molar-refractivity contribution in [2.45, 2.75) is 12.8 Å². The molecule has 2 N–H and O–H groups in total. The normalized spacial score (nSPS) is 9.86. The van der Waals surface area contributed by atoms with E-state index in [9.17, 15) is 4.79 Å². The lowest BCUT2D eigenvalue weighted by molar-refractivity contribution is -0.128. The van der Waals surface area contributed by atoms with Crippen molar-refractivity contribution < 1.29 is 4.79 Å². The molecule has 0 aliphatic rings. The molecule has 0 radical (unpaired) electrons. The lowest BCUT2D eigenvalue weighted by Crippen LogP contribution is -2.21. The smallest absolute Gasteiger partial charge is 0.222 e. The monoisotopic (exact) mass is 192 g/mol. The van der Waals surface area contributed by atoms with Crippen molar-refractivity contribution in [3.63, 3.8) is 0 Å². The van der Waals surface area contributed by atoms with Gasteiger partial charge in [0, 0.05) is 26.2 Å². The number of hydrogen-bond donors (Lipinski definition) is 1. The summed E-state index contributed by atoms with van der Waals surface area (Å²) in [6, 6.07) is 7.63. The summed E-state index contributed by atoms with van der Waals surface area (Å²) >= 11 is 0. The Balaban J connectivity index is 2.46. The van der Waals surface area contributed by atoms with Crippen molar-refractivity contribution in [3.05, 3.63) is 29.8 Å². The van der Waals surface area contributed by atoms with Crippen molar-refractivity contribution in [2.24, 2.45) is 0 Å². The number of benzene rings is 1. The summed E-state index contributed by atoms with van der Waals surface area (Å²) < 4.78 is 0. The summed E-state index contributed by atoms with van der Waals surface area (Å²) in [5.41, 5.74) is 7.46. The first-order valence-electron chi connectivity index (χ1n) is 4.64. The lowest BCUT2D eigenvalue weighted by Gasteiger charge is -2.09. The molecule has 1 aromatic rings. The van der Waals surface area contributed by atoms with Crippen LogP contribution in [0.25, 0.3) is 0 Å². The average Bonchev–Trinajstić information content (AvgIpc) is 2.16. The van der Waals surface area contributed by atoms with Gasteiger partial charge >= 0.3 is 0 Å². The van der Waals surface area contributed by atoms with Gasteiger partial charge < -0.3 is 10.6 Å². The highest BCUT2D eigenvalue weighted by molar-refractivity contribution is 5.75. The van der Waals surface area contributed by atoms with Gasteiger partial charge in [-0.05, 0) is 24.1 Å². The van der Waals surface area contributed by atoms with Crippen LogP contribution in [0.5, 0.6) is 0 Å². The van der Waals surface area contributed by atoms with Crippen LogP contribution in [0.1, 0.15) is 12.0 Å². The van der Waals surface area contributed by atoms with Crippen molar-refractivity contribution >= 4 is 11.6 Å². The fraction of sp³-hybridized carbons (Fsp3) is 0.364. The Hall–Kier alpha value is -1.51. The van der Waals surface area contributed by atoms with Gasteiger partial charge in [-0.25, -0.2) is 0 Å². The highest BCUT2D eigenvalue weighted by Crippen LogP contribution is 2.07. The first-order valence-corrected chi connectivity index (χ1v) is 4.64. The summed E-state index contributed by atoms with van der Waals surface area (Å²) in [5.74, 6) is 0.154. The van der Waals surface area contributed by atoms with E-state index in [0.717, 1.165) is 17.7 Å². The molecular formula is C11H16N2O. The van der Waals surface area contributed by atoms with Gasteiger partial charge in [-0.15, -0.1) is 0 Å². The first kappa shape index (κ1) is 10.6. The number of amides is 1. The number of carbonyl (C=O) groups is 1. The van der Waals surface area contributed by atoms with Gasteiger partial charge in [0.05, 0.1) is 0 Å². The highest BCUT2D eigenvalue weighted by atomic mass is 16.2. The molecule has 0 aliphatic carbocycles. The van der Waals surface area contributed by atoms with Crippen LogP contribution >= 0.6 is 0 Å². The van der Waals surface area contributed by atoms with Gasteiger partial charge in [-0.2, -0.15) is 0 Å². The molecule has 0 spiro atoms. The molecule has 3 heteroatoms. The van der Waals surface area contributed by atoms with Crippen LogP contribution in [-0.2, 0) is 11.2 Å².